The van der Waals surface area contributed by atoms with Gasteiger partial charge >= 0.3 is 0 Å². The standard InChI is InChI=1S/C16H21N3O3.ClH/c1-10-14(4-3-5-15(10)19(21)22)16(20)18(2)13-8-11-6-7-12(9-13)17-11;/h3-5,11-13,17H,6-9H2,1-2H3;1H. The van der Waals surface area contributed by atoms with Crippen molar-refractivity contribution in [2.45, 2.75) is 50.7 Å². The minimum absolute atomic E-state index is 0. The number of carbonyl (C=O) groups is 1. The van der Waals surface area contributed by atoms with Crippen molar-refractivity contribution >= 4 is 24.0 Å². The van der Waals surface area contributed by atoms with Crippen LogP contribution in [0.1, 0.15) is 41.6 Å². The predicted molar refractivity (Wildman–Crippen MR) is 90.1 cm³/mol. The molecule has 1 aromatic carbocycles. The van der Waals surface area contributed by atoms with Crippen molar-refractivity contribution in [3.63, 3.8) is 0 Å². The molecule has 2 heterocycles. The van der Waals surface area contributed by atoms with Crippen molar-refractivity contribution in [3.8, 4) is 0 Å². The van der Waals surface area contributed by atoms with Gasteiger partial charge in [0.05, 0.1) is 4.92 Å². The van der Waals surface area contributed by atoms with E-state index in [2.05, 4.69) is 5.32 Å². The summed E-state index contributed by atoms with van der Waals surface area (Å²) < 4.78 is 0. The van der Waals surface area contributed by atoms with Gasteiger partial charge in [-0.25, -0.2) is 0 Å². The van der Waals surface area contributed by atoms with E-state index in [1.165, 1.54) is 18.9 Å². The van der Waals surface area contributed by atoms with Gasteiger partial charge in [0.2, 0.25) is 0 Å². The third-order valence-corrected chi connectivity index (χ3v) is 5.05. The molecule has 2 atom stereocenters. The largest absolute Gasteiger partial charge is 0.339 e. The number of carbonyl (C=O) groups excluding carboxylic acids is 1. The number of nitrogens with zero attached hydrogens (tertiary/aromatic N) is 2. The van der Waals surface area contributed by atoms with E-state index in [4.69, 9.17) is 0 Å². The lowest BCUT2D eigenvalue weighted by Gasteiger charge is -2.35. The van der Waals surface area contributed by atoms with Crippen LogP contribution in [0.2, 0.25) is 0 Å². The Morgan fingerprint density at radius 2 is 1.91 bits per heavy atom. The number of piperidine rings is 1. The van der Waals surface area contributed by atoms with E-state index in [0.29, 0.717) is 23.2 Å². The average molecular weight is 340 g/mol. The summed E-state index contributed by atoms with van der Waals surface area (Å²) in [5.41, 5.74) is 0.883. The molecule has 1 amide bonds. The molecule has 0 aromatic heterocycles. The second-order valence-electron chi connectivity index (χ2n) is 6.39. The first-order valence-electron chi connectivity index (χ1n) is 7.74. The first-order valence-corrected chi connectivity index (χ1v) is 7.74. The number of nitro groups is 1. The summed E-state index contributed by atoms with van der Waals surface area (Å²) in [7, 11) is 1.82. The molecule has 2 aliphatic heterocycles. The van der Waals surface area contributed by atoms with Gasteiger partial charge < -0.3 is 10.2 Å². The fraction of sp³-hybridized carbons (Fsp3) is 0.562. The third kappa shape index (κ3) is 3.33. The molecule has 7 heteroatoms. The summed E-state index contributed by atoms with van der Waals surface area (Å²) in [6, 6.07) is 5.92. The summed E-state index contributed by atoms with van der Waals surface area (Å²) in [4.78, 5) is 25.1. The van der Waals surface area contributed by atoms with Crippen LogP contribution in [-0.4, -0.2) is 40.9 Å². The Labute approximate surface area is 141 Å². The average Bonchev–Trinajstić information content (AvgIpc) is 2.84. The SMILES string of the molecule is Cc1c(C(=O)N(C)C2CC3CCC(C2)N3)cccc1[N+](=O)[O-].Cl. The lowest BCUT2D eigenvalue weighted by molar-refractivity contribution is -0.385. The van der Waals surface area contributed by atoms with Gasteiger partial charge in [-0.2, -0.15) is 0 Å². The molecule has 0 radical (unpaired) electrons. The van der Waals surface area contributed by atoms with Crippen LogP contribution in [0.4, 0.5) is 5.69 Å². The molecule has 2 saturated heterocycles. The van der Waals surface area contributed by atoms with Crippen LogP contribution in [0.5, 0.6) is 0 Å². The molecule has 2 aliphatic rings. The number of benzene rings is 1. The summed E-state index contributed by atoms with van der Waals surface area (Å²) in [5.74, 6) is -0.118. The van der Waals surface area contributed by atoms with Gasteiger partial charge in [0.1, 0.15) is 0 Å². The van der Waals surface area contributed by atoms with E-state index in [-0.39, 0.29) is 30.0 Å². The number of rotatable bonds is 3. The maximum absolute atomic E-state index is 12.8. The molecule has 3 rings (SSSR count). The highest BCUT2D eigenvalue weighted by Gasteiger charge is 2.37. The van der Waals surface area contributed by atoms with Gasteiger partial charge in [-0.05, 0) is 38.7 Å². The molecule has 126 valence electrons. The Bertz CT molecular complexity index is 611. The van der Waals surface area contributed by atoms with Crippen LogP contribution in [0.15, 0.2) is 18.2 Å². The quantitative estimate of drug-likeness (QED) is 0.678. The van der Waals surface area contributed by atoms with E-state index in [1.807, 2.05) is 7.05 Å². The van der Waals surface area contributed by atoms with Crippen molar-refractivity contribution < 1.29 is 9.72 Å². The topological polar surface area (TPSA) is 75.5 Å². The Morgan fingerprint density at radius 1 is 1.30 bits per heavy atom. The van der Waals surface area contributed by atoms with Crippen LogP contribution in [-0.2, 0) is 0 Å². The maximum Gasteiger partial charge on any atom is 0.273 e. The van der Waals surface area contributed by atoms with Crippen LogP contribution in [0, 0.1) is 17.0 Å². The van der Waals surface area contributed by atoms with Gasteiger partial charge in [0, 0.05) is 42.4 Å². The monoisotopic (exact) mass is 339 g/mol. The highest BCUT2D eigenvalue weighted by atomic mass is 35.5. The summed E-state index contributed by atoms with van der Waals surface area (Å²) >= 11 is 0. The van der Waals surface area contributed by atoms with Crippen molar-refractivity contribution in [3.05, 3.63) is 39.4 Å². The van der Waals surface area contributed by atoms with E-state index < -0.39 is 4.92 Å². The fourth-order valence-electron chi connectivity index (χ4n) is 3.75. The Hall–Kier alpha value is -1.66. The van der Waals surface area contributed by atoms with Gasteiger partial charge in [-0.3, -0.25) is 14.9 Å². The van der Waals surface area contributed by atoms with Crippen molar-refractivity contribution in [2.24, 2.45) is 0 Å². The smallest absolute Gasteiger partial charge is 0.273 e. The zero-order valence-electron chi connectivity index (χ0n) is 13.3. The molecule has 0 spiro atoms. The van der Waals surface area contributed by atoms with E-state index in [1.54, 1.807) is 24.0 Å². The van der Waals surface area contributed by atoms with Crippen molar-refractivity contribution in [1.29, 1.82) is 0 Å². The second-order valence-corrected chi connectivity index (χ2v) is 6.39. The van der Waals surface area contributed by atoms with Gasteiger partial charge in [-0.1, -0.05) is 6.07 Å². The molecule has 2 bridgehead atoms. The van der Waals surface area contributed by atoms with Crippen molar-refractivity contribution in [2.75, 3.05) is 7.05 Å². The number of fused-ring (bicyclic) bond motifs is 2. The van der Waals surface area contributed by atoms with Gasteiger partial charge in [0.25, 0.3) is 11.6 Å². The first kappa shape index (κ1) is 17.7. The summed E-state index contributed by atoms with van der Waals surface area (Å²) in [5, 5.41) is 14.6. The minimum atomic E-state index is -0.434. The molecule has 1 N–H and O–H groups in total. The number of halogens is 1. The summed E-state index contributed by atoms with van der Waals surface area (Å²) in [6.07, 6.45) is 4.29. The Balaban J connectivity index is 0.00000192. The van der Waals surface area contributed by atoms with E-state index >= 15 is 0 Å². The molecule has 0 aliphatic carbocycles. The molecule has 6 nitrogen and oxygen atoms in total. The predicted octanol–water partition coefficient (Wildman–Crippen LogP) is 2.68. The fourth-order valence-corrected chi connectivity index (χ4v) is 3.75. The maximum atomic E-state index is 12.8. The van der Waals surface area contributed by atoms with E-state index in [0.717, 1.165) is 12.8 Å². The minimum Gasteiger partial charge on any atom is -0.339 e. The van der Waals surface area contributed by atoms with Crippen LogP contribution < -0.4 is 5.32 Å². The first-order chi connectivity index (χ1) is 10.5. The van der Waals surface area contributed by atoms with Crippen LogP contribution >= 0.6 is 12.4 Å². The lowest BCUT2D eigenvalue weighted by Crippen LogP contribution is -2.48. The molecule has 1 aromatic rings. The number of nitro benzene ring substituents is 1. The highest BCUT2D eigenvalue weighted by molar-refractivity contribution is 5.96. The summed E-state index contributed by atoms with van der Waals surface area (Å²) in [6.45, 7) is 1.64. The number of amides is 1. The lowest BCUT2D eigenvalue weighted by atomic mass is 9.97. The van der Waals surface area contributed by atoms with Gasteiger partial charge in [0.15, 0.2) is 0 Å². The second kappa shape index (κ2) is 6.84. The molecule has 2 fully saturated rings. The van der Waals surface area contributed by atoms with E-state index in [9.17, 15) is 14.9 Å². The molecule has 23 heavy (non-hydrogen) atoms. The third-order valence-electron chi connectivity index (χ3n) is 5.05. The number of hydrogen-bond donors (Lipinski definition) is 1. The van der Waals surface area contributed by atoms with Crippen molar-refractivity contribution in [1.82, 2.24) is 10.2 Å². The van der Waals surface area contributed by atoms with Gasteiger partial charge in [-0.15, -0.1) is 12.4 Å². The van der Waals surface area contributed by atoms with Crippen LogP contribution in [0.25, 0.3) is 0 Å². The number of hydrogen-bond acceptors (Lipinski definition) is 4. The Kier molecular flexibility index (Phi) is 5.26. The molecular weight excluding hydrogens is 318 g/mol. The molecule has 2 unspecified atom stereocenters. The zero-order valence-corrected chi connectivity index (χ0v) is 14.1. The zero-order chi connectivity index (χ0) is 15.9. The van der Waals surface area contributed by atoms with Crippen LogP contribution in [0.3, 0.4) is 0 Å². The Morgan fingerprint density at radius 3 is 2.48 bits per heavy atom. The highest BCUT2D eigenvalue weighted by Crippen LogP contribution is 2.30. The number of nitrogens with one attached hydrogen (secondary N) is 1. The molecular formula is C16H22ClN3O3. The molecule has 0 saturated carbocycles. The normalized spacial score (nSPS) is 25.6.